The van der Waals surface area contributed by atoms with Crippen LogP contribution < -0.4 is 91.2 Å². The van der Waals surface area contributed by atoms with Gasteiger partial charge in [0.05, 0.1) is 51.2 Å². The van der Waals surface area contributed by atoms with Gasteiger partial charge in [0.15, 0.2) is 34.5 Å². The van der Waals surface area contributed by atoms with Crippen LogP contribution in [-0.4, -0.2) is 46.9 Å². The van der Waals surface area contributed by atoms with Crippen molar-refractivity contribution in [1.82, 2.24) is 0 Å². The number of rotatable bonds is 24. The highest BCUT2D eigenvalue weighted by molar-refractivity contribution is 8.73. The Labute approximate surface area is 581 Å². The van der Waals surface area contributed by atoms with E-state index in [1.807, 2.05) is 78.9 Å². The molecule has 12 aromatic rings. The van der Waals surface area contributed by atoms with Gasteiger partial charge in [-0.1, -0.05) is 65.1 Å². The molecule has 0 radical (unpaired) electrons. The molecule has 100 heavy (non-hydrogen) atoms. The zero-order valence-electron chi connectivity index (χ0n) is 55.2. The number of methoxy groups -OCH3 is 6. The van der Waals surface area contributed by atoms with E-state index in [0.29, 0.717) is 105 Å². The van der Waals surface area contributed by atoms with Crippen molar-refractivity contribution in [3.05, 3.63) is 255 Å². The zero-order valence-corrected chi connectivity index (χ0v) is 57.7. The molecule has 0 aromatic heterocycles. The molecular formula is C78H72N6O13S3. The minimum absolute atomic E-state index is 0.156. The van der Waals surface area contributed by atoms with Gasteiger partial charge in [-0.2, -0.15) is 0 Å². The van der Waals surface area contributed by atoms with Crippen molar-refractivity contribution in [2.45, 2.75) is 29.4 Å². The molecule has 0 heterocycles. The maximum Gasteiger partial charge on any atom is 0.211 e. The number of hydrogen-bond acceptors (Lipinski definition) is 19. The first-order chi connectivity index (χ1) is 48.5. The summed E-state index contributed by atoms with van der Waals surface area (Å²) in [6.07, 6.45) is 0. The molecule has 0 saturated heterocycles. The fourth-order valence-corrected chi connectivity index (χ4v) is 30.6. The smallest absolute Gasteiger partial charge is 0.211 e. The Balaban J connectivity index is 1.39. The number of ether oxygens (including phenoxy) is 12. The van der Waals surface area contributed by atoms with Gasteiger partial charge in [0.1, 0.15) is 51.7 Å². The lowest BCUT2D eigenvalue weighted by molar-refractivity contribution is 0.344. The van der Waals surface area contributed by atoms with E-state index in [2.05, 4.69) is 0 Å². The molecule has 12 aromatic carbocycles. The van der Waals surface area contributed by atoms with Crippen LogP contribution in [0.2, 0.25) is 0 Å². The normalized spacial score (nSPS) is 11.5. The molecule has 0 bridgehead atoms. The molecule has 0 aliphatic rings. The third-order valence-electron chi connectivity index (χ3n) is 15.5. The summed E-state index contributed by atoms with van der Waals surface area (Å²) >= 11 is 0. The van der Waals surface area contributed by atoms with Gasteiger partial charge in [0, 0.05) is 99.9 Å². The summed E-state index contributed by atoms with van der Waals surface area (Å²) in [5, 5.41) is 0. The first-order valence-corrected chi connectivity index (χ1v) is 36.4. The fourth-order valence-electron chi connectivity index (χ4n) is 11.1. The van der Waals surface area contributed by atoms with E-state index in [4.69, 9.17) is 91.2 Å². The lowest BCUT2D eigenvalue weighted by Gasteiger charge is -2.34. The van der Waals surface area contributed by atoms with Crippen LogP contribution in [0.5, 0.6) is 103 Å². The van der Waals surface area contributed by atoms with Gasteiger partial charge in [0.2, 0.25) is 17.2 Å². The van der Waals surface area contributed by atoms with Crippen LogP contribution in [0, 0.1) is 0 Å². The van der Waals surface area contributed by atoms with E-state index in [9.17, 15) is 0 Å². The molecule has 19 nitrogen and oxygen atoms in total. The molecule has 1 unspecified atom stereocenters. The maximum absolute atomic E-state index is 20.2. The van der Waals surface area contributed by atoms with Crippen LogP contribution in [0.15, 0.2) is 284 Å². The molecule has 1 atom stereocenters. The van der Waals surface area contributed by atoms with Crippen LogP contribution in [0.3, 0.4) is 0 Å². The first-order valence-electron chi connectivity index (χ1n) is 30.9. The zero-order chi connectivity index (χ0) is 70.1. The van der Waals surface area contributed by atoms with Gasteiger partial charge in [-0.3, -0.25) is 4.21 Å². The monoisotopic (exact) mass is 1400 g/mol. The molecule has 0 aliphatic carbocycles. The SMILES string of the molecule is COc1cc(S(c2ccc(Oc3cccc(N)c3)cc2)=S(c2cc(OC)c(Oc3cccc(N)c3)c(OC)c2)(c2cc(OC)c(Oc3cccc(N)c3)c(OC)c2)=S(=O)(c2cccc(Oc3cccc(N)c3)c2)c2cccc(Oc3cccc(N)c3)c2)cc(OC)c1Oc1cccc(N)c1. The van der Waals surface area contributed by atoms with Crippen LogP contribution in [0.1, 0.15) is 0 Å². The Hall–Kier alpha value is -12.1. The third-order valence-corrected chi connectivity index (χ3v) is 32.4. The predicted molar refractivity (Wildman–Crippen MR) is 396 cm³/mol. The average Bonchev–Trinajstić information content (AvgIpc) is 0.682. The van der Waals surface area contributed by atoms with E-state index in [0.717, 1.165) is 0 Å². The lowest BCUT2D eigenvalue weighted by atomic mass is 10.2. The van der Waals surface area contributed by atoms with Crippen molar-refractivity contribution in [1.29, 1.82) is 0 Å². The molecule has 0 fully saturated rings. The topological polar surface area (TPSA) is 284 Å². The highest BCUT2D eigenvalue weighted by Gasteiger charge is 2.37. The van der Waals surface area contributed by atoms with Crippen LogP contribution in [0.4, 0.5) is 34.1 Å². The molecule has 0 amide bonds. The molecule has 12 N–H and O–H groups in total. The van der Waals surface area contributed by atoms with Crippen molar-refractivity contribution in [3.63, 3.8) is 0 Å². The molecular weight excluding hydrogens is 1330 g/mol. The Morgan fingerprint density at radius 3 is 0.780 bits per heavy atom. The van der Waals surface area contributed by atoms with Crippen molar-refractivity contribution >= 4 is 59.2 Å². The minimum Gasteiger partial charge on any atom is -0.493 e. The van der Waals surface area contributed by atoms with E-state index >= 15 is 4.21 Å². The lowest BCUT2D eigenvalue weighted by Crippen LogP contribution is -2.23. The van der Waals surface area contributed by atoms with Crippen molar-refractivity contribution < 1.29 is 61.1 Å². The van der Waals surface area contributed by atoms with Gasteiger partial charge >= 0.3 is 0 Å². The summed E-state index contributed by atoms with van der Waals surface area (Å²) in [6.45, 7) is 0. The number of anilines is 6. The largest absolute Gasteiger partial charge is 0.493 e. The van der Waals surface area contributed by atoms with Crippen LogP contribution in [-0.2, 0) is 25.1 Å². The first kappa shape index (κ1) is 67.9. The average molecular weight is 1400 g/mol. The second-order valence-corrected chi connectivity index (χ2v) is 33.6. The molecule has 22 heteroatoms. The number of hydrogen-bond donors (Lipinski definition) is 6. The molecule has 0 aliphatic heterocycles. The van der Waals surface area contributed by atoms with E-state index < -0.39 is 25.1 Å². The van der Waals surface area contributed by atoms with Crippen molar-refractivity contribution in [2.75, 3.05) is 77.1 Å². The highest BCUT2D eigenvalue weighted by Crippen LogP contribution is 2.54. The number of benzene rings is 12. The third kappa shape index (κ3) is 14.2. The summed E-state index contributed by atoms with van der Waals surface area (Å²) in [5.74, 6) is 5.04. The van der Waals surface area contributed by atoms with Gasteiger partial charge in [-0.25, -0.2) is 0 Å². The summed E-state index contributed by atoms with van der Waals surface area (Å²) < 4.78 is 99.7. The summed E-state index contributed by atoms with van der Waals surface area (Å²) in [4.78, 5) is 2.38. The Bertz CT molecular complexity index is 4990. The van der Waals surface area contributed by atoms with E-state index in [1.54, 1.807) is 176 Å². The molecule has 12 rings (SSSR count). The van der Waals surface area contributed by atoms with Crippen LogP contribution >= 0.6 is 0 Å². The van der Waals surface area contributed by atoms with Gasteiger partial charge < -0.3 is 91.2 Å². The highest BCUT2D eigenvalue weighted by atomic mass is 33.2. The quantitative estimate of drug-likeness (QED) is 0.0307. The summed E-state index contributed by atoms with van der Waals surface area (Å²) in [6, 6.07) is 74.8. The Kier molecular flexibility index (Phi) is 20.2. The molecule has 510 valence electrons. The maximum atomic E-state index is 20.2. The summed E-state index contributed by atoms with van der Waals surface area (Å²) in [7, 11) is -0.961. The predicted octanol–water partition coefficient (Wildman–Crippen LogP) is 17.5. The minimum atomic E-state index is -4.34. The Morgan fingerprint density at radius 1 is 0.250 bits per heavy atom. The van der Waals surface area contributed by atoms with Gasteiger partial charge in [-0.15, -0.1) is 0 Å². The second kappa shape index (κ2) is 29.7. The molecule has 0 spiro atoms. The number of nitrogens with two attached hydrogens (primary N) is 6. The van der Waals surface area contributed by atoms with E-state index in [-0.39, 0.29) is 61.5 Å². The van der Waals surface area contributed by atoms with E-state index in [1.165, 1.54) is 42.7 Å². The second-order valence-electron chi connectivity index (χ2n) is 22.2. The standard InChI is InChI=1S/C78H72N6O13S3/c1-86-70-43-65(44-71(87-2)76(70)95-59-24-10-18-52(82)38-59)98(64-33-31-55(32-34-64)92-56-21-7-15-49(79)35-56)100(68-45-72(88-3)77(73(46-68)89-4)96-60-25-11-19-53(83)39-60,69-47-74(90-5)78(75(48-69)91-6)97-61-26-12-20-54(84)40-61)99(85,66-29-13-27-62(41-66)93-57-22-8-16-50(80)36-57)67-30-14-28-63(42-67)94-58-23-9-17-51(81)37-58/h7-48H,79-84H2,1-6H3. The van der Waals surface area contributed by atoms with Gasteiger partial charge in [-0.05, 0) is 170 Å². The van der Waals surface area contributed by atoms with Crippen molar-refractivity contribution in [3.8, 4) is 103 Å². The fraction of sp³-hybridized carbons (Fsp3) is 0.0769. The molecule has 0 saturated carbocycles. The van der Waals surface area contributed by atoms with Crippen molar-refractivity contribution in [2.24, 2.45) is 0 Å². The Morgan fingerprint density at radius 2 is 0.500 bits per heavy atom. The van der Waals surface area contributed by atoms with Crippen LogP contribution in [0.25, 0.3) is 0 Å². The number of nitrogen functional groups attached to an aromatic ring is 6. The summed E-state index contributed by atoms with van der Waals surface area (Å²) in [5.41, 5.74) is 41.0. The van der Waals surface area contributed by atoms with Gasteiger partial charge in [0.25, 0.3) is 0 Å².